The summed E-state index contributed by atoms with van der Waals surface area (Å²) >= 11 is 0. The van der Waals surface area contributed by atoms with Gasteiger partial charge in [0.25, 0.3) is 11.7 Å². The Morgan fingerprint density at radius 1 is 1.05 bits per heavy atom. The number of amides is 1. The van der Waals surface area contributed by atoms with E-state index in [1.165, 1.54) is 12.0 Å². The number of carbonyl (C=O) groups excluding carboxylic acids is 3. The van der Waals surface area contributed by atoms with E-state index in [9.17, 15) is 19.5 Å². The first kappa shape index (κ1) is 25.0. The molecule has 0 aromatic heterocycles. The van der Waals surface area contributed by atoms with Crippen LogP contribution in [-0.4, -0.2) is 85.2 Å². The monoisotopic (exact) mass is 506 g/mol. The maximum absolute atomic E-state index is 13.3. The summed E-state index contributed by atoms with van der Waals surface area (Å²) in [5.41, 5.74) is 2.40. The number of ketones is 1. The average molecular weight is 507 g/mol. The Labute approximate surface area is 215 Å². The van der Waals surface area contributed by atoms with Gasteiger partial charge in [-0.25, -0.2) is 4.79 Å². The summed E-state index contributed by atoms with van der Waals surface area (Å²) in [5, 5.41) is 11.4. The first-order valence-electron chi connectivity index (χ1n) is 12.4. The molecular weight excluding hydrogens is 476 g/mol. The van der Waals surface area contributed by atoms with Gasteiger partial charge in [0.2, 0.25) is 0 Å². The Hall–Kier alpha value is -3.69. The van der Waals surface area contributed by atoms with Gasteiger partial charge >= 0.3 is 5.97 Å². The zero-order valence-corrected chi connectivity index (χ0v) is 20.9. The zero-order chi connectivity index (χ0) is 26.1. The van der Waals surface area contributed by atoms with Crippen molar-refractivity contribution < 1.29 is 33.7 Å². The molecule has 194 valence electrons. The summed E-state index contributed by atoms with van der Waals surface area (Å²) in [5.74, 6) is -1.34. The fourth-order valence-corrected chi connectivity index (χ4v) is 5.18. The summed E-state index contributed by atoms with van der Waals surface area (Å²) < 4.78 is 16.0. The number of Topliss-reactive ketones (excluding diaryl/α,β-unsaturated/α-hetero) is 1. The highest BCUT2D eigenvalue weighted by molar-refractivity contribution is 6.46. The number of methoxy groups -OCH3 is 1. The molecule has 0 aliphatic carbocycles. The number of ether oxygens (including phenoxy) is 3. The molecule has 0 bridgehead atoms. The van der Waals surface area contributed by atoms with Gasteiger partial charge in [-0.3, -0.25) is 14.5 Å². The minimum atomic E-state index is -0.795. The van der Waals surface area contributed by atoms with Crippen LogP contribution in [0.25, 0.3) is 5.76 Å². The summed E-state index contributed by atoms with van der Waals surface area (Å²) in [6.07, 6.45) is 0.731. The minimum absolute atomic E-state index is 0.0321. The molecule has 0 spiro atoms. The Morgan fingerprint density at radius 3 is 2.46 bits per heavy atom. The van der Waals surface area contributed by atoms with Crippen molar-refractivity contribution in [2.45, 2.75) is 25.5 Å². The molecule has 2 atom stereocenters. The number of morpholine rings is 1. The lowest BCUT2D eigenvalue weighted by Crippen LogP contribution is -2.42. The largest absolute Gasteiger partial charge is 0.507 e. The van der Waals surface area contributed by atoms with Crippen molar-refractivity contribution in [3.8, 4) is 5.75 Å². The van der Waals surface area contributed by atoms with E-state index in [2.05, 4.69) is 4.90 Å². The van der Waals surface area contributed by atoms with E-state index in [1.54, 1.807) is 36.4 Å². The molecule has 3 heterocycles. The van der Waals surface area contributed by atoms with Gasteiger partial charge in [-0.2, -0.15) is 0 Å². The third kappa shape index (κ3) is 4.84. The van der Waals surface area contributed by atoms with Gasteiger partial charge in [0.1, 0.15) is 17.6 Å². The van der Waals surface area contributed by atoms with Crippen molar-refractivity contribution >= 4 is 23.4 Å². The van der Waals surface area contributed by atoms with E-state index in [1.807, 2.05) is 13.0 Å². The van der Waals surface area contributed by atoms with Gasteiger partial charge in [-0.1, -0.05) is 12.1 Å². The second kappa shape index (κ2) is 10.4. The lowest BCUT2D eigenvalue weighted by molar-refractivity contribution is -0.140. The Morgan fingerprint density at radius 2 is 1.76 bits per heavy atom. The second-order valence-electron chi connectivity index (χ2n) is 9.52. The number of likely N-dealkylation sites (tertiary alicyclic amines) is 1. The van der Waals surface area contributed by atoms with E-state index in [-0.39, 0.29) is 17.4 Å². The average Bonchev–Trinajstić information content (AvgIpc) is 3.42. The molecule has 5 rings (SSSR count). The maximum atomic E-state index is 13.3. The number of aliphatic hydroxyl groups is 1. The van der Waals surface area contributed by atoms with Crippen LogP contribution < -0.4 is 4.74 Å². The van der Waals surface area contributed by atoms with Gasteiger partial charge in [-0.15, -0.1) is 0 Å². The Kier molecular flexibility index (Phi) is 6.99. The van der Waals surface area contributed by atoms with Gasteiger partial charge in [-0.05, 0) is 48.4 Å². The highest BCUT2D eigenvalue weighted by Gasteiger charge is 2.46. The molecule has 1 N–H and O–H groups in total. The molecule has 0 saturated carbocycles. The summed E-state index contributed by atoms with van der Waals surface area (Å²) in [4.78, 5) is 42.2. The van der Waals surface area contributed by atoms with Crippen molar-refractivity contribution in [3.63, 3.8) is 0 Å². The van der Waals surface area contributed by atoms with Crippen LogP contribution in [0.2, 0.25) is 0 Å². The third-order valence-electron chi connectivity index (χ3n) is 7.12. The first-order chi connectivity index (χ1) is 17.9. The van der Waals surface area contributed by atoms with Crippen LogP contribution in [0, 0.1) is 0 Å². The van der Waals surface area contributed by atoms with Gasteiger partial charge in [0.05, 0.1) is 37.5 Å². The molecule has 9 nitrogen and oxygen atoms in total. The number of rotatable bonds is 6. The van der Waals surface area contributed by atoms with Crippen LogP contribution >= 0.6 is 0 Å². The predicted molar refractivity (Wildman–Crippen MR) is 134 cm³/mol. The van der Waals surface area contributed by atoms with Gasteiger partial charge in [0, 0.05) is 38.2 Å². The number of nitrogens with zero attached hydrogens (tertiary/aromatic N) is 2. The molecule has 2 saturated heterocycles. The van der Waals surface area contributed by atoms with Gasteiger partial charge in [0.15, 0.2) is 0 Å². The number of esters is 1. The lowest BCUT2D eigenvalue weighted by atomic mass is 9.94. The van der Waals surface area contributed by atoms with E-state index in [0.717, 1.165) is 24.4 Å². The zero-order valence-electron chi connectivity index (χ0n) is 20.9. The predicted octanol–water partition coefficient (Wildman–Crippen LogP) is 2.55. The molecule has 3 aliphatic rings. The van der Waals surface area contributed by atoms with Crippen LogP contribution in [-0.2, 0) is 25.5 Å². The molecule has 0 unspecified atom stereocenters. The number of hydrogen-bond acceptors (Lipinski definition) is 8. The van der Waals surface area contributed by atoms with E-state index < -0.39 is 23.7 Å². The Balaban J connectivity index is 1.53. The highest BCUT2D eigenvalue weighted by atomic mass is 16.5. The maximum Gasteiger partial charge on any atom is 0.337 e. The number of hydrogen-bond donors (Lipinski definition) is 1. The highest BCUT2D eigenvalue weighted by Crippen LogP contribution is 2.40. The summed E-state index contributed by atoms with van der Waals surface area (Å²) in [7, 11) is 1.30. The summed E-state index contributed by atoms with van der Waals surface area (Å²) in [6, 6.07) is 11.1. The van der Waals surface area contributed by atoms with Crippen molar-refractivity contribution in [2.24, 2.45) is 0 Å². The molecular formula is C28H30N2O7. The lowest BCUT2D eigenvalue weighted by Gasteiger charge is -2.31. The fraction of sp³-hybridized carbons (Fsp3) is 0.393. The molecule has 3 aliphatic heterocycles. The van der Waals surface area contributed by atoms with Crippen LogP contribution in [0.3, 0.4) is 0 Å². The smallest absolute Gasteiger partial charge is 0.337 e. The molecule has 9 heteroatoms. The van der Waals surface area contributed by atoms with Crippen molar-refractivity contribution in [2.75, 3.05) is 46.5 Å². The SMILES string of the molecule is COC(=O)c1ccc([C@H]2/C(=C(\O)c3ccc4c(c3)C[C@H](C)O4)C(=O)C(=O)N2CCN2CCOCC2)cc1. The molecule has 37 heavy (non-hydrogen) atoms. The van der Waals surface area contributed by atoms with Crippen molar-refractivity contribution in [3.05, 3.63) is 70.3 Å². The molecule has 2 aromatic rings. The topological polar surface area (TPSA) is 106 Å². The third-order valence-corrected chi connectivity index (χ3v) is 7.12. The quantitative estimate of drug-likeness (QED) is 0.276. The van der Waals surface area contributed by atoms with Crippen LogP contribution in [0.15, 0.2) is 48.0 Å². The summed E-state index contributed by atoms with van der Waals surface area (Å²) in [6.45, 7) is 5.59. The Bertz CT molecular complexity index is 1250. The minimum Gasteiger partial charge on any atom is -0.507 e. The molecule has 1 amide bonds. The van der Waals surface area contributed by atoms with Crippen molar-refractivity contribution in [1.29, 1.82) is 0 Å². The first-order valence-corrected chi connectivity index (χ1v) is 12.4. The molecule has 2 fully saturated rings. The molecule has 2 aromatic carbocycles. The van der Waals surface area contributed by atoms with Gasteiger partial charge < -0.3 is 24.2 Å². The van der Waals surface area contributed by atoms with Crippen LogP contribution in [0.5, 0.6) is 5.75 Å². The number of aliphatic hydroxyl groups excluding tert-OH is 1. The number of benzene rings is 2. The van der Waals surface area contributed by atoms with E-state index in [4.69, 9.17) is 14.2 Å². The van der Waals surface area contributed by atoms with E-state index in [0.29, 0.717) is 49.4 Å². The molecule has 0 radical (unpaired) electrons. The number of fused-ring (bicyclic) bond motifs is 1. The second-order valence-corrected chi connectivity index (χ2v) is 9.52. The normalized spacial score (nSPS) is 23.1. The van der Waals surface area contributed by atoms with Crippen molar-refractivity contribution in [1.82, 2.24) is 9.80 Å². The van der Waals surface area contributed by atoms with E-state index >= 15 is 0 Å². The standard InChI is InChI=1S/C28H30N2O7/c1-17-15-21-16-20(7-8-22(21)37-17)25(31)23-24(18-3-5-19(6-4-18)28(34)35-2)30(27(33)26(23)32)10-9-29-11-13-36-14-12-29/h3-8,16-17,24,31H,9-15H2,1-2H3/b25-23+/t17-,24-/m0/s1. The number of carbonyl (C=O) groups is 3. The van der Waals surface area contributed by atoms with Crippen LogP contribution in [0.1, 0.15) is 40.0 Å². The van der Waals surface area contributed by atoms with Crippen LogP contribution in [0.4, 0.5) is 0 Å². The fourth-order valence-electron chi connectivity index (χ4n) is 5.18.